The maximum atomic E-state index is 13.8. The lowest BCUT2D eigenvalue weighted by Crippen LogP contribution is -2.42. The Bertz CT molecular complexity index is 1270. The molecule has 32 heavy (non-hydrogen) atoms. The van der Waals surface area contributed by atoms with Gasteiger partial charge in [-0.15, -0.1) is 0 Å². The maximum absolute atomic E-state index is 13.8. The van der Waals surface area contributed by atoms with Crippen LogP contribution in [-0.4, -0.2) is 30.7 Å². The van der Waals surface area contributed by atoms with Crippen LogP contribution in [-0.2, 0) is 21.2 Å². The molecule has 6 nitrogen and oxygen atoms in total. The van der Waals surface area contributed by atoms with Gasteiger partial charge in [0, 0.05) is 6.42 Å². The van der Waals surface area contributed by atoms with Gasteiger partial charge in [0.15, 0.2) is 0 Å². The number of imide groups is 1. The first-order valence-corrected chi connectivity index (χ1v) is 11.7. The number of rotatable bonds is 5. The summed E-state index contributed by atoms with van der Waals surface area (Å²) in [5.74, 6) is -0.559. The Morgan fingerprint density at radius 1 is 0.812 bits per heavy atom. The van der Waals surface area contributed by atoms with Crippen LogP contribution < -0.4 is 4.90 Å². The van der Waals surface area contributed by atoms with E-state index in [1.54, 1.807) is 56.3 Å². The SMILES string of the molecule is Cc1cc(C)c(S(=O)(=O)N2C(=O)N(c3ccccc3)C(=O)[C@@H]2Cc2ccccc2)c(C)c1. The fourth-order valence-corrected chi connectivity index (χ4v) is 6.26. The largest absolute Gasteiger partial charge is 0.346 e. The van der Waals surface area contributed by atoms with Gasteiger partial charge in [0.25, 0.3) is 15.9 Å². The third-order valence-electron chi connectivity index (χ3n) is 5.58. The number of aryl methyl sites for hydroxylation is 3. The van der Waals surface area contributed by atoms with Crippen LogP contribution >= 0.6 is 0 Å². The molecule has 1 atom stereocenters. The highest BCUT2D eigenvalue weighted by Crippen LogP contribution is 2.34. The van der Waals surface area contributed by atoms with Crippen molar-refractivity contribution in [1.29, 1.82) is 0 Å². The Hall–Kier alpha value is -3.45. The third kappa shape index (κ3) is 3.69. The number of benzene rings is 3. The molecular formula is C25H24N2O4S. The number of amides is 3. The molecule has 1 aliphatic rings. The highest BCUT2D eigenvalue weighted by atomic mass is 32.2. The number of anilines is 1. The molecule has 0 aliphatic carbocycles. The summed E-state index contributed by atoms with van der Waals surface area (Å²) in [7, 11) is -4.29. The Morgan fingerprint density at radius 2 is 1.34 bits per heavy atom. The lowest BCUT2D eigenvalue weighted by atomic mass is 10.1. The highest BCUT2D eigenvalue weighted by Gasteiger charge is 2.52. The molecule has 0 aromatic heterocycles. The van der Waals surface area contributed by atoms with Crippen molar-refractivity contribution in [2.45, 2.75) is 38.1 Å². The number of hydrogen-bond donors (Lipinski definition) is 0. The summed E-state index contributed by atoms with van der Waals surface area (Å²) in [4.78, 5) is 27.9. The van der Waals surface area contributed by atoms with Crippen molar-refractivity contribution in [3.05, 3.63) is 95.1 Å². The van der Waals surface area contributed by atoms with Gasteiger partial charge in [0.05, 0.1) is 10.6 Å². The summed E-state index contributed by atoms with van der Waals surface area (Å²) in [6, 6.07) is 19.0. The summed E-state index contributed by atoms with van der Waals surface area (Å²) in [5.41, 5.74) is 3.12. The molecule has 1 heterocycles. The molecule has 7 heteroatoms. The van der Waals surface area contributed by atoms with Crippen LogP contribution in [0.15, 0.2) is 77.7 Å². The van der Waals surface area contributed by atoms with E-state index in [1.807, 2.05) is 37.3 Å². The van der Waals surface area contributed by atoms with E-state index in [4.69, 9.17) is 0 Å². The quantitative estimate of drug-likeness (QED) is 0.543. The fourth-order valence-electron chi connectivity index (χ4n) is 4.34. The molecule has 1 aliphatic heterocycles. The van der Waals surface area contributed by atoms with Crippen LogP contribution in [0.1, 0.15) is 22.3 Å². The number of sulfonamides is 1. The van der Waals surface area contributed by atoms with Crippen molar-refractivity contribution in [3.63, 3.8) is 0 Å². The van der Waals surface area contributed by atoms with Crippen molar-refractivity contribution in [2.24, 2.45) is 0 Å². The van der Waals surface area contributed by atoms with Gasteiger partial charge >= 0.3 is 6.03 Å². The highest BCUT2D eigenvalue weighted by molar-refractivity contribution is 7.89. The Morgan fingerprint density at radius 3 is 1.91 bits per heavy atom. The summed E-state index contributed by atoms with van der Waals surface area (Å²) in [5, 5.41) is 0. The third-order valence-corrected chi connectivity index (χ3v) is 7.66. The molecule has 4 rings (SSSR count). The zero-order chi connectivity index (χ0) is 23.0. The minimum Gasteiger partial charge on any atom is -0.271 e. The molecule has 3 aromatic rings. The van der Waals surface area contributed by atoms with E-state index in [2.05, 4.69) is 0 Å². The average molecular weight is 449 g/mol. The summed E-state index contributed by atoms with van der Waals surface area (Å²) < 4.78 is 28.5. The minimum atomic E-state index is -4.29. The molecule has 0 unspecified atom stereocenters. The monoisotopic (exact) mass is 448 g/mol. The number of para-hydroxylation sites is 1. The van der Waals surface area contributed by atoms with Crippen LogP contribution in [0.4, 0.5) is 10.5 Å². The van der Waals surface area contributed by atoms with E-state index in [9.17, 15) is 18.0 Å². The first kappa shape index (κ1) is 21.8. The molecule has 0 N–H and O–H groups in total. The van der Waals surface area contributed by atoms with Gasteiger partial charge in [-0.25, -0.2) is 22.4 Å². The normalized spacial score (nSPS) is 16.7. The van der Waals surface area contributed by atoms with Crippen LogP contribution in [0.3, 0.4) is 0 Å². The van der Waals surface area contributed by atoms with E-state index in [-0.39, 0.29) is 11.3 Å². The van der Waals surface area contributed by atoms with Gasteiger partial charge in [0.1, 0.15) is 6.04 Å². The number of carbonyl (C=O) groups is 2. The predicted octanol–water partition coefficient (Wildman–Crippen LogP) is 4.38. The van der Waals surface area contributed by atoms with Gasteiger partial charge in [-0.2, -0.15) is 0 Å². The van der Waals surface area contributed by atoms with Crippen LogP contribution in [0.25, 0.3) is 0 Å². The lowest BCUT2D eigenvalue weighted by Gasteiger charge is -2.24. The van der Waals surface area contributed by atoms with Gasteiger partial charge in [-0.1, -0.05) is 66.2 Å². The molecule has 0 bridgehead atoms. The zero-order valence-electron chi connectivity index (χ0n) is 18.1. The maximum Gasteiger partial charge on any atom is 0.346 e. The Labute approximate surface area is 188 Å². The molecular weight excluding hydrogens is 424 g/mol. The molecule has 1 saturated heterocycles. The predicted molar refractivity (Wildman–Crippen MR) is 123 cm³/mol. The second-order valence-corrected chi connectivity index (χ2v) is 9.78. The Kier molecular flexibility index (Phi) is 5.60. The molecule has 0 spiro atoms. The molecule has 3 amide bonds. The van der Waals surface area contributed by atoms with E-state index in [0.29, 0.717) is 16.8 Å². The zero-order valence-corrected chi connectivity index (χ0v) is 19.0. The van der Waals surface area contributed by atoms with E-state index in [0.717, 1.165) is 20.3 Å². The summed E-state index contributed by atoms with van der Waals surface area (Å²) in [6.07, 6.45) is 0.0952. The summed E-state index contributed by atoms with van der Waals surface area (Å²) >= 11 is 0. The van der Waals surface area contributed by atoms with Crippen LogP contribution in [0.5, 0.6) is 0 Å². The van der Waals surface area contributed by atoms with Gasteiger partial charge in [-0.3, -0.25) is 4.79 Å². The first-order valence-electron chi connectivity index (χ1n) is 10.3. The van der Waals surface area contributed by atoms with Gasteiger partial charge in [-0.05, 0) is 49.6 Å². The standard InChI is InChI=1S/C25H24N2O4S/c1-17-14-18(2)23(19(3)15-17)32(30,31)27-22(16-20-10-6-4-7-11-20)24(28)26(25(27)29)21-12-8-5-9-13-21/h4-15,22H,16H2,1-3H3/t22-/m0/s1. The lowest BCUT2D eigenvalue weighted by molar-refractivity contribution is -0.119. The Balaban J connectivity index is 1.87. The van der Waals surface area contributed by atoms with Gasteiger partial charge < -0.3 is 0 Å². The van der Waals surface area contributed by atoms with Crippen LogP contribution in [0.2, 0.25) is 0 Å². The van der Waals surface area contributed by atoms with E-state index >= 15 is 0 Å². The minimum absolute atomic E-state index is 0.0669. The molecule has 0 saturated carbocycles. The van der Waals surface area contributed by atoms with E-state index < -0.39 is 28.0 Å². The van der Waals surface area contributed by atoms with Crippen LogP contribution in [0, 0.1) is 20.8 Å². The average Bonchev–Trinajstić information content (AvgIpc) is 2.98. The smallest absolute Gasteiger partial charge is 0.271 e. The molecule has 164 valence electrons. The van der Waals surface area contributed by atoms with Crippen molar-refractivity contribution in [1.82, 2.24) is 4.31 Å². The second-order valence-electron chi connectivity index (χ2n) is 8.03. The van der Waals surface area contributed by atoms with Crippen molar-refractivity contribution in [2.75, 3.05) is 4.90 Å². The molecule has 3 aromatic carbocycles. The fraction of sp³-hybridized carbons (Fsp3) is 0.200. The number of nitrogens with zero attached hydrogens (tertiary/aromatic N) is 2. The first-order chi connectivity index (χ1) is 15.2. The number of urea groups is 1. The topological polar surface area (TPSA) is 74.8 Å². The van der Waals surface area contributed by atoms with Gasteiger partial charge in [0.2, 0.25) is 0 Å². The molecule has 1 fully saturated rings. The molecule has 0 radical (unpaired) electrons. The second kappa shape index (κ2) is 8.24. The number of hydrogen-bond acceptors (Lipinski definition) is 4. The number of carbonyl (C=O) groups excluding carboxylic acids is 2. The van der Waals surface area contributed by atoms with Crippen molar-refractivity contribution < 1.29 is 18.0 Å². The van der Waals surface area contributed by atoms with E-state index in [1.165, 1.54) is 0 Å². The van der Waals surface area contributed by atoms with Crippen molar-refractivity contribution >= 4 is 27.6 Å². The van der Waals surface area contributed by atoms with Crippen molar-refractivity contribution in [3.8, 4) is 0 Å². The summed E-state index contributed by atoms with van der Waals surface area (Å²) in [6.45, 7) is 5.29.